The summed E-state index contributed by atoms with van der Waals surface area (Å²) in [5.74, 6) is -0.493. The maximum absolute atomic E-state index is 12.2. The van der Waals surface area contributed by atoms with Crippen molar-refractivity contribution in [2.24, 2.45) is 0 Å². The van der Waals surface area contributed by atoms with Crippen LogP contribution in [0.25, 0.3) is 0 Å². The van der Waals surface area contributed by atoms with Gasteiger partial charge in [0.25, 0.3) is 0 Å². The Hall–Kier alpha value is -1.95. The van der Waals surface area contributed by atoms with Crippen LogP contribution >= 0.6 is 15.9 Å². The Morgan fingerprint density at radius 2 is 1.86 bits per heavy atom. The molecule has 0 aliphatic heterocycles. The Balaban J connectivity index is 2.11. The number of esters is 1. The quantitative estimate of drug-likeness (QED) is 0.622. The smallest absolute Gasteiger partial charge is 0.344 e. The van der Waals surface area contributed by atoms with Crippen LogP contribution in [-0.2, 0) is 4.74 Å². The second-order valence-electron chi connectivity index (χ2n) is 4.62. The Morgan fingerprint density at radius 3 is 2.38 bits per heavy atom. The van der Waals surface area contributed by atoms with Crippen LogP contribution < -0.4 is 0 Å². The van der Waals surface area contributed by atoms with Crippen LogP contribution in [0.2, 0.25) is 0 Å². The average Bonchev–Trinajstić information content (AvgIpc) is 2.78. The number of rotatable bonds is 4. The minimum atomic E-state index is -0.882. The van der Waals surface area contributed by atoms with Crippen LogP contribution in [0, 0.1) is 13.8 Å². The number of ketones is 1. The lowest BCUT2D eigenvalue weighted by Crippen LogP contribution is -2.24. The zero-order valence-electron chi connectivity index (χ0n) is 11.8. The summed E-state index contributed by atoms with van der Waals surface area (Å²) in [5, 5.41) is 3.69. The lowest BCUT2D eigenvalue weighted by atomic mass is 10.1. The normalized spacial score (nSPS) is 12.0. The predicted octanol–water partition coefficient (Wildman–Crippen LogP) is 3.48. The molecule has 0 N–H and O–H groups in total. The molecule has 1 heterocycles. The standard InChI is InChI=1S/C15H14BrNO4/c1-8-13(9(2)21-17-8)15(19)20-10(3)14(18)11-4-6-12(16)7-5-11/h4-7,10H,1-3H3/t10-/m0/s1. The van der Waals surface area contributed by atoms with E-state index in [1.54, 1.807) is 45.0 Å². The van der Waals surface area contributed by atoms with Gasteiger partial charge >= 0.3 is 5.97 Å². The van der Waals surface area contributed by atoms with Crippen LogP contribution in [0.4, 0.5) is 0 Å². The fourth-order valence-electron chi connectivity index (χ4n) is 1.90. The van der Waals surface area contributed by atoms with E-state index in [0.29, 0.717) is 17.0 Å². The molecule has 2 aromatic rings. The van der Waals surface area contributed by atoms with E-state index in [4.69, 9.17) is 9.26 Å². The number of halogens is 1. The third-order valence-electron chi connectivity index (χ3n) is 3.02. The number of benzene rings is 1. The predicted molar refractivity (Wildman–Crippen MR) is 79.3 cm³/mol. The number of carbonyl (C=O) groups is 2. The van der Waals surface area contributed by atoms with Crippen LogP contribution in [0.3, 0.4) is 0 Å². The van der Waals surface area contributed by atoms with Gasteiger partial charge in [0.05, 0.1) is 5.69 Å². The van der Waals surface area contributed by atoms with Gasteiger partial charge in [-0.05, 0) is 32.9 Å². The number of Topliss-reactive ketones (excluding diaryl/α,β-unsaturated/α-hetero) is 1. The molecule has 0 saturated carbocycles. The Labute approximate surface area is 130 Å². The van der Waals surface area contributed by atoms with E-state index in [1.807, 2.05) is 0 Å². The Bertz CT molecular complexity index is 656. The van der Waals surface area contributed by atoms with Crippen molar-refractivity contribution in [3.63, 3.8) is 0 Å². The lowest BCUT2D eigenvalue weighted by molar-refractivity contribution is 0.0316. The van der Waals surface area contributed by atoms with Crippen molar-refractivity contribution < 1.29 is 18.8 Å². The number of ether oxygens (including phenoxy) is 1. The van der Waals surface area contributed by atoms with E-state index in [1.165, 1.54) is 0 Å². The van der Waals surface area contributed by atoms with Gasteiger partial charge in [-0.1, -0.05) is 33.2 Å². The summed E-state index contributed by atoms with van der Waals surface area (Å²) < 4.78 is 11.0. The maximum atomic E-state index is 12.2. The van der Waals surface area contributed by atoms with E-state index >= 15 is 0 Å². The minimum absolute atomic E-state index is 0.261. The molecule has 21 heavy (non-hydrogen) atoms. The Morgan fingerprint density at radius 1 is 1.24 bits per heavy atom. The van der Waals surface area contributed by atoms with Gasteiger partial charge < -0.3 is 9.26 Å². The molecule has 6 heteroatoms. The highest BCUT2D eigenvalue weighted by atomic mass is 79.9. The molecule has 0 bridgehead atoms. The summed E-state index contributed by atoms with van der Waals surface area (Å²) in [6.45, 7) is 4.81. The van der Waals surface area contributed by atoms with Gasteiger partial charge in [0.1, 0.15) is 11.3 Å². The van der Waals surface area contributed by atoms with Gasteiger partial charge in [0, 0.05) is 10.0 Å². The number of hydrogen-bond acceptors (Lipinski definition) is 5. The molecule has 0 fully saturated rings. The van der Waals surface area contributed by atoms with E-state index in [-0.39, 0.29) is 11.3 Å². The molecule has 0 saturated heterocycles. The SMILES string of the molecule is Cc1noc(C)c1C(=O)O[C@@H](C)C(=O)c1ccc(Br)cc1. The van der Waals surface area contributed by atoms with Crippen molar-refractivity contribution in [1.29, 1.82) is 0 Å². The zero-order valence-corrected chi connectivity index (χ0v) is 13.4. The van der Waals surface area contributed by atoms with E-state index in [9.17, 15) is 9.59 Å². The molecule has 0 radical (unpaired) electrons. The first-order chi connectivity index (χ1) is 9.90. The van der Waals surface area contributed by atoms with E-state index in [0.717, 1.165) is 4.47 Å². The molecule has 2 rings (SSSR count). The first-order valence-electron chi connectivity index (χ1n) is 6.33. The third kappa shape index (κ3) is 3.39. The van der Waals surface area contributed by atoms with Crippen LogP contribution in [0.5, 0.6) is 0 Å². The van der Waals surface area contributed by atoms with Gasteiger partial charge in [-0.2, -0.15) is 0 Å². The first-order valence-corrected chi connectivity index (χ1v) is 7.13. The second kappa shape index (κ2) is 6.22. The molecule has 110 valence electrons. The zero-order chi connectivity index (χ0) is 15.6. The highest BCUT2D eigenvalue weighted by molar-refractivity contribution is 9.10. The van der Waals surface area contributed by atoms with Gasteiger partial charge in [-0.15, -0.1) is 0 Å². The van der Waals surface area contributed by atoms with Gasteiger partial charge in [0.2, 0.25) is 5.78 Å². The highest BCUT2D eigenvalue weighted by Crippen LogP contribution is 2.17. The molecule has 1 atom stereocenters. The molecule has 1 aromatic carbocycles. The molecular weight excluding hydrogens is 338 g/mol. The minimum Gasteiger partial charge on any atom is -0.451 e. The molecular formula is C15H14BrNO4. The molecule has 0 amide bonds. The number of carbonyl (C=O) groups excluding carboxylic acids is 2. The summed E-state index contributed by atoms with van der Waals surface area (Å²) in [5.41, 5.74) is 1.20. The number of hydrogen-bond donors (Lipinski definition) is 0. The first kappa shape index (κ1) is 15.4. The summed E-state index contributed by atoms with van der Waals surface area (Å²) in [4.78, 5) is 24.3. The fourth-order valence-corrected chi connectivity index (χ4v) is 2.16. The molecule has 0 spiro atoms. The molecule has 0 aliphatic carbocycles. The largest absolute Gasteiger partial charge is 0.451 e. The van der Waals surface area contributed by atoms with Gasteiger partial charge in [0.15, 0.2) is 6.10 Å². The summed E-state index contributed by atoms with van der Waals surface area (Å²) in [6.07, 6.45) is -0.882. The molecule has 0 unspecified atom stereocenters. The lowest BCUT2D eigenvalue weighted by Gasteiger charge is -2.12. The topological polar surface area (TPSA) is 69.4 Å². The van der Waals surface area contributed by atoms with Crippen molar-refractivity contribution in [3.05, 3.63) is 51.3 Å². The third-order valence-corrected chi connectivity index (χ3v) is 3.55. The fraction of sp³-hybridized carbons (Fsp3) is 0.267. The molecule has 1 aromatic heterocycles. The van der Waals surface area contributed by atoms with Crippen molar-refractivity contribution in [1.82, 2.24) is 5.16 Å². The van der Waals surface area contributed by atoms with Gasteiger partial charge in [-0.3, -0.25) is 4.79 Å². The van der Waals surface area contributed by atoms with Crippen LogP contribution in [0.15, 0.2) is 33.3 Å². The van der Waals surface area contributed by atoms with E-state index in [2.05, 4.69) is 21.1 Å². The van der Waals surface area contributed by atoms with E-state index < -0.39 is 12.1 Å². The summed E-state index contributed by atoms with van der Waals surface area (Å²) >= 11 is 3.30. The summed E-state index contributed by atoms with van der Waals surface area (Å²) in [7, 11) is 0. The monoisotopic (exact) mass is 351 g/mol. The Kier molecular flexibility index (Phi) is 4.57. The van der Waals surface area contributed by atoms with Crippen molar-refractivity contribution >= 4 is 27.7 Å². The molecule has 5 nitrogen and oxygen atoms in total. The maximum Gasteiger partial charge on any atom is 0.344 e. The number of nitrogens with zero attached hydrogens (tertiary/aromatic N) is 1. The number of aromatic nitrogens is 1. The van der Waals surface area contributed by atoms with Crippen molar-refractivity contribution in [3.8, 4) is 0 Å². The van der Waals surface area contributed by atoms with Crippen molar-refractivity contribution in [2.75, 3.05) is 0 Å². The highest BCUT2D eigenvalue weighted by Gasteiger charge is 2.24. The second-order valence-corrected chi connectivity index (χ2v) is 5.53. The summed E-state index contributed by atoms with van der Waals surface area (Å²) in [6, 6.07) is 6.87. The van der Waals surface area contributed by atoms with Crippen LogP contribution in [-0.4, -0.2) is 23.0 Å². The average molecular weight is 352 g/mol. The van der Waals surface area contributed by atoms with Crippen molar-refractivity contribution in [2.45, 2.75) is 26.9 Å². The van der Waals surface area contributed by atoms with Crippen LogP contribution in [0.1, 0.15) is 39.1 Å². The number of aryl methyl sites for hydroxylation is 2. The molecule has 0 aliphatic rings. The van der Waals surface area contributed by atoms with Gasteiger partial charge in [-0.25, -0.2) is 4.79 Å².